The zero-order chi connectivity index (χ0) is 16.3. The molecule has 0 radical (unpaired) electrons. The van der Waals surface area contributed by atoms with Crippen LogP contribution < -0.4 is 9.88 Å². The van der Waals surface area contributed by atoms with Crippen LogP contribution in [0.5, 0.6) is 5.75 Å². The molecule has 3 rings (SSSR count). The molecule has 0 spiro atoms. The molecule has 2 aromatic heterocycles. The molecule has 1 aromatic carbocycles. The van der Waals surface area contributed by atoms with Gasteiger partial charge in [0.25, 0.3) is 0 Å². The van der Waals surface area contributed by atoms with Gasteiger partial charge in [-0.05, 0) is 35.7 Å². The molecule has 0 atom stereocenters. The van der Waals surface area contributed by atoms with E-state index in [1.165, 1.54) is 12.1 Å². The SMILES string of the molecule is NS(=O)(=O)c1ccc(OCCSc2ncnc3ccsc23)cc1. The third kappa shape index (κ3) is 3.99. The van der Waals surface area contributed by atoms with E-state index in [4.69, 9.17) is 9.88 Å². The first-order chi connectivity index (χ1) is 11.0. The smallest absolute Gasteiger partial charge is 0.238 e. The van der Waals surface area contributed by atoms with E-state index in [0.717, 1.165) is 21.0 Å². The molecule has 0 bridgehead atoms. The number of nitrogens with two attached hydrogens (primary N) is 1. The number of hydrogen-bond acceptors (Lipinski definition) is 7. The summed E-state index contributed by atoms with van der Waals surface area (Å²) in [6.07, 6.45) is 1.56. The number of fused-ring (bicyclic) bond motifs is 1. The third-order valence-electron chi connectivity index (χ3n) is 2.95. The maximum absolute atomic E-state index is 11.2. The van der Waals surface area contributed by atoms with Gasteiger partial charge in [0.15, 0.2) is 0 Å². The lowest BCUT2D eigenvalue weighted by molar-refractivity contribution is 0.343. The minimum Gasteiger partial charge on any atom is -0.493 e. The van der Waals surface area contributed by atoms with Gasteiger partial charge in [0.05, 0.1) is 21.7 Å². The number of ether oxygens (including phenoxy) is 1. The second-order valence-electron chi connectivity index (χ2n) is 4.53. The van der Waals surface area contributed by atoms with Crippen molar-refractivity contribution in [3.8, 4) is 5.75 Å². The Morgan fingerprint density at radius 3 is 2.70 bits per heavy atom. The number of nitrogens with zero attached hydrogens (tertiary/aromatic N) is 2. The molecule has 2 N–H and O–H groups in total. The van der Waals surface area contributed by atoms with E-state index in [0.29, 0.717) is 12.4 Å². The first kappa shape index (κ1) is 16.2. The van der Waals surface area contributed by atoms with Crippen LogP contribution in [0.2, 0.25) is 0 Å². The van der Waals surface area contributed by atoms with Crippen LogP contribution in [-0.4, -0.2) is 30.7 Å². The summed E-state index contributed by atoms with van der Waals surface area (Å²) in [5.41, 5.74) is 0.951. The minimum absolute atomic E-state index is 0.0697. The van der Waals surface area contributed by atoms with Crippen molar-refractivity contribution in [3.63, 3.8) is 0 Å². The maximum atomic E-state index is 11.2. The zero-order valence-electron chi connectivity index (χ0n) is 11.9. The monoisotopic (exact) mass is 367 g/mol. The lowest BCUT2D eigenvalue weighted by Gasteiger charge is -2.06. The van der Waals surface area contributed by atoms with Gasteiger partial charge in [-0.2, -0.15) is 0 Å². The summed E-state index contributed by atoms with van der Waals surface area (Å²) in [7, 11) is -3.67. The van der Waals surface area contributed by atoms with Crippen LogP contribution in [-0.2, 0) is 10.0 Å². The Bertz CT molecular complexity index is 908. The number of hydrogen-bond donors (Lipinski definition) is 1. The number of aromatic nitrogens is 2. The fourth-order valence-electron chi connectivity index (χ4n) is 1.89. The van der Waals surface area contributed by atoms with Crippen LogP contribution in [0.3, 0.4) is 0 Å². The van der Waals surface area contributed by atoms with E-state index in [1.807, 2.05) is 11.4 Å². The summed E-state index contributed by atoms with van der Waals surface area (Å²) in [6, 6.07) is 8.00. The fraction of sp³-hybridized carbons (Fsp3) is 0.143. The van der Waals surface area contributed by atoms with Crippen molar-refractivity contribution < 1.29 is 13.2 Å². The quantitative estimate of drug-likeness (QED) is 0.409. The molecular weight excluding hydrogens is 354 g/mol. The highest BCUT2D eigenvalue weighted by atomic mass is 32.2. The van der Waals surface area contributed by atoms with Gasteiger partial charge >= 0.3 is 0 Å². The Morgan fingerprint density at radius 2 is 1.96 bits per heavy atom. The van der Waals surface area contributed by atoms with Crippen LogP contribution >= 0.6 is 23.1 Å². The molecule has 23 heavy (non-hydrogen) atoms. The van der Waals surface area contributed by atoms with Crippen molar-refractivity contribution in [3.05, 3.63) is 42.0 Å². The summed E-state index contributed by atoms with van der Waals surface area (Å²) in [6.45, 7) is 0.482. The zero-order valence-corrected chi connectivity index (χ0v) is 14.3. The molecular formula is C14H13N3O3S3. The van der Waals surface area contributed by atoms with Crippen LogP contribution in [0.1, 0.15) is 0 Å². The standard InChI is InChI=1S/C14H13N3O3S3/c15-23(18,19)11-3-1-10(2-4-11)20-6-8-22-14-13-12(5-7-21-13)16-9-17-14/h1-5,7,9H,6,8H2,(H2,15,18,19). The number of sulfonamides is 1. The first-order valence-electron chi connectivity index (χ1n) is 6.61. The highest BCUT2D eigenvalue weighted by molar-refractivity contribution is 7.99. The number of benzene rings is 1. The van der Waals surface area contributed by atoms with E-state index >= 15 is 0 Å². The molecule has 0 fully saturated rings. The lowest BCUT2D eigenvalue weighted by Crippen LogP contribution is -2.11. The second kappa shape index (κ2) is 6.83. The van der Waals surface area contributed by atoms with Crippen LogP contribution in [0.4, 0.5) is 0 Å². The van der Waals surface area contributed by atoms with E-state index in [9.17, 15) is 8.42 Å². The van der Waals surface area contributed by atoms with Crippen molar-refractivity contribution in [2.45, 2.75) is 9.92 Å². The Kier molecular flexibility index (Phi) is 4.81. The fourth-order valence-corrected chi connectivity index (χ4v) is 4.17. The summed E-state index contributed by atoms with van der Waals surface area (Å²) in [5, 5.41) is 7.98. The predicted octanol–water partition coefficient (Wildman–Crippen LogP) is 2.51. The van der Waals surface area contributed by atoms with Gasteiger partial charge in [-0.25, -0.2) is 23.5 Å². The molecule has 0 saturated carbocycles. The highest BCUT2D eigenvalue weighted by Crippen LogP contribution is 2.28. The van der Waals surface area contributed by atoms with E-state index < -0.39 is 10.0 Å². The molecule has 120 valence electrons. The maximum Gasteiger partial charge on any atom is 0.238 e. The average molecular weight is 367 g/mol. The lowest BCUT2D eigenvalue weighted by atomic mass is 10.3. The van der Waals surface area contributed by atoms with Gasteiger partial charge in [-0.1, -0.05) is 0 Å². The molecule has 0 aliphatic carbocycles. The molecule has 9 heteroatoms. The number of thioether (sulfide) groups is 1. The summed E-state index contributed by atoms with van der Waals surface area (Å²) < 4.78 is 29.0. The molecule has 0 amide bonds. The summed E-state index contributed by atoms with van der Waals surface area (Å²) in [4.78, 5) is 8.56. The third-order valence-corrected chi connectivity index (χ3v) is 5.88. The summed E-state index contributed by atoms with van der Waals surface area (Å²) in [5.74, 6) is 1.32. The van der Waals surface area contributed by atoms with Crippen LogP contribution in [0.25, 0.3) is 10.2 Å². The van der Waals surface area contributed by atoms with Gasteiger partial charge in [0, 0.05) is 5.75 Å². The Labute approximate surface area is 141 Å². The Balaban J connectivity index is 1.55. The first-order valence-corrected chi connectivity index (χ1v) is 10.0. The molecule has 0 saturated heterocycles. The van der Waals surface area contributed by atoms with Gasteiger partial charge in [-0.3, -0.25) is 0 Å². The molecule has 2 heterocycles. The van der Waals surface area contributed by atoms with E-state index in [1.54, 1.807) is 41.6 Å². The van der Waals surface area contributed by atoms with Gasteiger partial charge in [-0.15, -0.1) is 23.1 Å². The van der Waals surface area contributed by atoms with Gasteiger partial charge in [0.1, 0.15) is 17.1 Å². The van der Waals surface area contributed by atoms with Gasteiger partial charge < -0.3 is 4.74 Å². The number of primary sulfonamides is 1. The molecule has 6 nitrogen and oxygen atoms in total. The van der Waals surface area contributed by atoms with Crippen molar-refractivity contribution in [2.75, 3.05) is 12.4 Å². The predicted molar refractivity (Wildman–Crippen MR) is 91.4 cm³/mol. The van der Waals surface area contributed by atoms with E-state index in [-0.39, 0.29) is 4.90 Å². The minimum atomic E-state index is -3.67. The second-order valence-corrected chi connectivity index (χ2v) is 8.09. The topological polar surface area (TPSA) is 95.2 Å². The molecule has 0 unspecified atom stereocenters. The van der Waals surface area contributed by atoms with Crippen LogP contribution in [0.15, 0.2) is 52.0 Å². The summed E-state index contributed by atoms with van der Waals surface area (Å²) >= 11 is 3.22. The molecule has 0 aliphatic rings. The molecule has 0 aliphatic heterocycles. The van der Waals surface area contributed by atoms with Crippen molar-refractivity contribution in [1.29, 1.82) is 0 Å². The van der Waals surface area contributed by atoms with Crippen molar-refractivity contribution in [1.82, 2.24) is 9.97 Å². The highest BCUT2D eigenvalue weighted by Gasteiger charge is 2.08. The van der Waals surface area contributed by atoms with Gasteiger partial charge in [0.2, 0.25) is 10.0 Å². The van der Waals surface area contributed by atoms with E-state index in [2.05, 4.69) is 9.97 Å². The molecule has 3 aromatic rings. The normalized spacial score (nSPS) is 11.7. The largest absolute Gasteiger partial charge is 0.493 e. The average Bonchev–Trinajstić information content (AvgIpc) is 3.00. The number of rotatable bonds is 6. The van der Waals surface area contributed by atoms with Crippen molar-refractivity contribution >= 4 is 43.3 Å². The Morgan fingerprint density at radius 1 is 1.17 bits per heavy atom. The van der Waals surface area contributed by atoms with Crippen LogP contribution in [0, 0.1) is 0 Å². The number of thiophene rings is 1. The van der Waals surface area contributed by atoms with Crippen molar-refractivity contribution in [2.24, 2.45) is 5.14 Å². The Hall–Kier alpha value is -1.68.